The largest absolute Gasteiger partial charge is 0.462 e. The van der Waals surface area contributed by atoms with Crippen molar-refractivity contribution in [2.75, 3.05) is 13.2 Å². The second kappa shape index (κ2) is 54.9. The second-order valence-corrected chi connectivity index (χ2v) is 16.2. The fraction of sp³-hybridized carbons (Fsp3) is 0.444. The van der Waals surface area contributed by atoms with Gasteiger partial charge >= 0.3 is 17.9 Å². The van der Waals surface area contributed by atoms with E-state index in [-0.39, 0.29) is 50.4 Å². The highest BCUT2D eigenvalue weighted by Gasteiger charge is 2.19. The van der Waals surface area contributed by atoms with E-state index in [2.05, 4.69) is 87.6 Å². The van der Waals surface area contributed by atoms with Crippen molar-refractivity contribution >= 4 is 17.9 Å². The quantitative estimate of drug-likeness (QED) is 0.0199. The van der Waals surface area contributed by atoms with Gasteiger partial charge in [0.2, 0.25) is 0 Å². The number of allylic oxidation sites excluding steroid dienone is 32. The van der Waals surface area contributed by atoms with E-state index < -0.39 is 6.10 Å². The summed E-state index contributed by atoms with van der Waals surface area (Å²) in [6, 6.07) is 0. The number of ether oxygens (including phenoxy) is 3. The molecule has 0 rings (SSSR count). The molecule has 6 heteroatoms. The van der Waals surface area contributed by atoms with Crippen molar-refractivity contribution in [1.82, 2.24) is 0 Å². The zero-order valence-corrected chi connectivity index (χ0v) is 43.0. The molecule has 0 saturated heterocycles. The molecule has 0 radical (unpaired) electrons. The third-order valence-corrected chi connectivity index (χ3v) is 9.90. The number of hydrogen-bond acceptors (Lipinski definition) is 6. The SMILES string of the molecule is CC/C=C/C=C/C=C/C=C/C=C/C=C/C=C/CCCCCC(=O)OCC(COC(=O)CCC/C=C/C=C/C=C/C=C/C=C/CC)OC(=O)CCCCCCCC/C=C/C/C=C/C/C=C/C/C=C/CC. The highest BCUT2D eigenvalue weighted by Crippen LogP contribution is 2.12. The van der Waals surface area contributed by atoms with Gasteiger partial charge in [0.15, 0.2) is 6.10 Å². The number of esters is 3. The van der Waals surface area contributed by atoms with Crippen molar-refractivity contribution in [3.05, 3.63) is 194 Å². The molecule has 0 N–H and O–H groups in total. The third-order valence-electron chi connectivity index (χ3n) is 9.90. The molecular weight excluding hydrogens is 853 g/mol. The molecule has 0 fully saturated rings. The normalized spacial score (nSPS) is 13.7. The van der Waals surface area contributed by atoms with E-state index in [9.17, 15) is 14.4 Å². The molecule has 0 amide bonds. The molecular formula is C63H90O6. The highest BCUT2D eigenvalue weighted by molar-refractivity contribution is 5.71. The fourth-order valence-corrected chi connectivity index (χ4v) is 6.09. The number of hydrogen-bond donors (Lipinski definition) is 0. The Morgan fingerprint density at radius 3 is 1.06 bits per heavy atom. The molecule has 0 aliphatic rings. The summed E-state index contributed by atoms with van der Waals surface area (Å²) >= 11 is 0. The zero-order chi connectivity index (χ0) is 50.0. The van der Waals surface area contributed by atoms with E-state index in [1.54, 1.807) is 0 Å². The maximum absolute atomic E-state index is 12.8. The van der Waals surface area contributed by atoms with Gasteiger partial charge in [0, 0.05) is 19.3 Å². The van der Waals surface area contributed by atoms with Gasteiger partial charge in [0.1, 0.15) is 13.2 Å². The van der Waals surface area contributed by atoms with Gasteiger partial charge in [-0.05, 0) is 89.9 Å². The molecule has 1 unspecified atom stereocenters. The number of rotatable bonds is 43. The minimum Gasteiger partial charge on any atom is -0.462 e. The van der Waals surface area contributed by atoms with Crippen LogP contribution in [0.4, 0.5) is 0 Å². The van der Waals surface area contributed by atoms with E-state index in [1.165, 1.54) is 12.8 Å². The first kappa shape index (κ1) is 63.2. The van der Waals surface area contributed by atoms with Crippen molar-refractivity contribution in [2.45, 2.75) is 168 Å². The lowest BCUT2D eigenvalue weighted by molar-refractivity contribution is -0.167. The Balaban J connectivity index is 4.65. The molecule has 0 aromatic carbocycles. The highest BCUT2D eigenvalue weighted by atomic mass is 16.6. The predicted molar refractivity (Wildman–Crippen MR) is 297 cm³/mol. The van der Waals surface area contributed by atoms with Crippen LogP contribution in [0.1, 0.15) is 162 Å². The Kier molecular flexibility index (Phi) is 50.3. The lowest BCUT2D eigenvalue weighted by Gasteiger charge is -2.18. The Morgan fingerprint density at radius 2 is 0.609 bits per heavy atom. The number of unbranched alkanes of at least 4 members (excludes halogenated alkanes) is 10. The summed E-state index contributed by atoms with van der Waals surface area (Å²) in [5.41, 5.74) is 0. The van der Waals surface area contributed by atoms with Crippen molar-refractivity contribution in [3.63, 3.8) is 0 Å². The molecule has 0 heterocycles. The van der Waals surface area contributed by atoms with E-state index in [0.717, 1.165) is 96.3 Å². The first-order valence-electron chi connectivity index (χ1n) is 26.1. The van der Waals surface area contributed by atoms with Crippen LogP contribution in [0, 0.1) is 0 Å². The Morgan fingerprint density at radius 1 is 0.304 bits per heavy atom. The van der Waals surface area contributed by atoms with Crippen LogP contribution < -0.4 is 0 Å². The maximum Gasteiger partial charge on any atom is 0.306 e. The summed E-state index contributed by atoms with van der Waals surface area (Å²) in [6.07, 6.45) is 84.1. The maximum atomic E-state index is 12.8. The van der Waals surface area contributed by atoms with E-state index in [1.807, 2.05) is 128 Å². The van der Waals surface area contributed by atoms with Gasteiger partial charge in [-0.25, -0.2) is 0 Å². The average molecular weight is 943 g/mol. The summed E-state index contributed by atoms with van der Waals surface area (Å²) < 4.78 is 16.7. The minimum atomic E-state index is -0.847. The Bertz CT molecular complexity index is 1750. The van der Waals surface area contributed by atoms with Crippen LogP contribution in [0.5, 0.6) is 0 Å². The van der Waals surface area contributed by atoms with Crippen molar-refractivity contribution in [2.24, 2.45) is 0 Å². The monoisotopic (exact) mass is 943 g/mol. The molecule has 378 valence electrons. The molecule has 1 atom stereocenters. The summed E-state index contributed by atoms with van der Waals surface area (Å²) in [7, 11) is 0. The van der Waals surface area contributed by atoms with Gasteiger partial charge in [0.25, 0.3) is 0 Å². The van der Waals surface area contributed by atoms with Gasteiger partial charge < -0.3 is 14.2 Å². The zero-order valence-electron chi connectivity index (χ0n) is 43.0. The first-order chi connectivity index (χ1) is 34.0. The van der Waals surface area contributed by atoms with Crippen molar-refractivity contribution in [3.8, 4) is 0 Å². The standard InChI is InChI=1S/C63H90O6/c1-4-7-10-13-16-19-22-25-27-29-31-33-35-38-41-44-47-50-53-56-62(65)68-59-60(58-67-61(64)55-52-49-46-43-40-37-24-21-18-15-12-9-6-3)69-63(66)57-54-51-48-45-42-39-36-34-32-30-28-26-23-20-17-14-11-8-5-2/h7-13,15-22,24-29,31-35,37-38,40-41,43,46,60H,4-6,14,23,30,36,39,42,44-45,47-59H2,1-3H3/b10-7+,11-8+,12-9+,16-13+,18-15+,20-17+,22-19+,24-21+,27-25+,28-26+,31-29+,34-32+,35-33+,40-37+,41-38+,46-43+. The summed E-state index contributed by atoms with van der Waals surface area (Å²) in [4.78, 5) is 38.0. The lowest BCUT2D eigenvalue weighted by Crippen LogP contribution is -2.30. The first-order valence-corrected chi connectivity index (χ1v) is 26.1. The predicted octanol–water partition coefficient (Wildman–Crippen LogP) is 17.5. The topological polar surface area (TPSA) is 78.9 Å². The van der Waals surface area contributed by atoms with E-state index in [4.69, 9.17) is 14.2 Å². The fourth-order valence-electron chi connectivity index (χ4n) is 6.09. The average Bonchev–Trinajstić information content (AvgIpc) is 3.35. The van der Waals surface area contributed by atoms with Crippen LogP contribution in [0.2, 0.25) is 0 Å². The van der Waals surface area contributed by atoms with Crippen LogP contribution in [0.25, 0.3) is 0 Å². The third kappa shape index (κ3) is 53.1. The number of carbonyl (C=O) groups excluding carboxylic acids is 3. The van der Waals surface area contributed by atoms with Crippen molar-refractivity contribution < 1.29 is 28.6 Å². The van der Waals surface area contributed by atoms with E-state index in [0.29, 0.717) is 12.8 Å². The van der Waals surface area contributed by atoms with Crippen LogP contribution in [0.3, 0.4) is 0 Å². The van der Waals surface area contributed by atoms with E-state index >= 15 is 0 Å². The molecule has 0 aromatic rings. The molecule has 0 aliphatic heterocycles. The van der Waals surface area contributed by atoms with Gasteiger partial charge in [-0.15, -0.1) is 0 Å². The van der Waals surface area contributed by atoms with Crippen LogP contribution >= 0.6 is 0 Å². The Hall–Kier alpha value is -5.75. The molecule has 0 aliphatic carbocycles. The summed E-state index contributed by atoms with van der Waals surface area (Å²) in [5.74, 6) is -1.09. The van der Waals surface area contributed by atoms with Gasteiger partial charge in [0.05, 0.1) is 0 Å². The van der Waals surface area contributed by atoms with Crippen molar-refractivity contribution in [1.29, 1.82) is 0 Å². The van der Waals surface area contributed by atoms with Crippen LogP contribution in [-0.2, 0) is 28.6 Å². The van der Waals surface area contributed by atoms with Gasteiger partial charge in [-0.1, -0.05) is 247 Å². The molecule has 0 aromatic heterocycles. The smallest absolute Gasteiger partial charge is 0.306 e. The minimum absolute atomic E-state index is 0.143. The lowest BCUT2D eigenvalue weighted by atomic mass is 10.1. The number of carbonyl (C=O) groups is 3. The van der Waals surface area contributed by atoms with Crippen LogP contribution in [-0.4, -0.2) is 37.2 Å². The molecule has 0 bridgehead atoms. The van der Waals surface area contributed by atoms with Crippen LogP contribution in [0.15, 0.2) is 194 Å². The van der Waals surface area contributed by atoms with Gasteiger partial charge in [-0.2, -0.15) is 0 Å². The summed E-state index contributed by atoms with van der Waals surface area (Å²) in [6.45, 7) is 6.08. The molecule has 0 saturated carbocycles. The summed E-state index contributed by atoms with van der Waals surface area (Å²) in [5, 5.41) is 0. The Labute approximate surface area is 420 Å². The molecule has 69 heavy (non-hydrogen) atoms. The van der Waals surface area contributed by atoms with Gasteiger partial charge in [-0.3, -0.25) is 14.4 Å². The molecule has 6 nitrogen and oxygen atoms in total. The second-order valence-electron chi connectivity index (χ2n) is 16.2. The molecule has 0 spiro atoms.